The largest absolute Gasteiger partial charge is 0.385 e. The molecule has 0 bridgehead atoms. The van der Waals surface area contributed by atoms with Crippen LogP contribution in [0, 0.1) is 0 Å². The Morgan fingerprint density at radius 1 is 1.36 bits per heavy atom. The summed E-state index contributed by atoms with van der Waals surface area (Å²) in [7, 11) is 1.74. The van der Waals surface area contributed by atoms with E-state index in [0.717, 1.165) is 31.7 Å². The molecule has 0 saturated carbocycles. The zero-order valence-corrected chi connectivity index (χ0v) is 8.81. The second-order valence-electron chi connectivity index (χ2n) is 3.91. The van der Waals surface area contributed by atoms with E-state index >= 15 is 0 Å². The molecule has 1 N–H and O–H groups in total. The van der Waals surface area contributed by atoms with E-state index in [-0.39, 0.29) is 0 Å². The van der Waals surface area contributed by atoms with E-state index in [1.807, 2.05) is 0 Å². The number of nitrogens with zero attached hydrogens (tertiary/aromatic N) is 1. The summed E-state index contributed by atoms with van der Waals surface area (Å²) in [6, 6.07) is 0. The lowest BCUT2D eigenvalue weighted by molar-refractivity contribution is 0.194. The molecule has 1 aliphatic rings. The minimum absolute atomic E-state index is 0.825. The van der Waals surface area contributed by atoms with Crippen LogP contribution in [0.25, 0.3) is 0 Å². The summed E-state index contributed by atoms with van der Waals surface area (Å²) in [5, 5.41) is 0. The molecular formula is C11H18N2O. The average Bonchev–Trinajstić information content (AvgIpc) is 2.60. The number of H-pyrrole nitrogens is 1. The molecule has 3 heteroatoms. The molecule has 0 aromatic carbocycles. The third kappa shape index (κ3) is 2.15. The normalized spacial score (nSPS) is 15.5. The predicted molar refractivity (Wildman–Crippen MR) is 55.4 cm³/mol. The van der Waals surface area contributed by atoms with E-state index in [4.69, 9.17) is 4.74 Å². The monoisotopic (exact) mass is 194 g/mol. The van der Waals surface area contributed by atoms with E-state index in [9.17, 15) is 0 Å². The summed E-state index contributed by atoms with van der Waals surface area (Å²) in [6.07, 6.45) is 7.04. The Labute approximate surface area is 84.9 Å². The summed E-state index contributed by atoms with van der Waals surface area (Å²) in [5.41, 5.74) is 2.69. The molecule has 0 unspecified atom stereocenters. The molecule has 1 aromatic rings. The van der Waals surface area contributed by atoms with E-state index in [2.05, 4.69) is 9.97 Å². The molecule has 2 rings (SSSR count). The Bertz CT molecular complexity index is 270. The van der Waals surface area contributed by atoms with Gasteiger partial charge in [-0.05, 0) is 32.1 Å². The molecule has 0 atom stereocenters. The average molecular weight is 194 g/mol. The van der Waals surface area contributed by atoms with Crippen LogP contribution in [0.15, 0.2) is 0 Å². The van der Waals surface area contributed by atoms with Crippen molar-refractivity contribution in [3.8, 4) is 0 Å². The maximum atomic E-state index is 5.02. The summed E-state index contributed by atoms with van der Waals surface area (Å²) in [6.45, 7) is 0.825. The topological polar surface area (TPSA) is 37.9 Å². The highest BCUT2D eigenvalue weighted by molar-refractivity contribution is 5.17. The van der Waals surface area contributed by atoms with Crippen LogP contribution in [0.2, 0.25) is 0 Å². The van der Waals surface area contributed by atoms with Crippen molar-refractivity contribution in [3.63, 3.8) is 0 Å². The molecule has 3 nitrogen and oxygen atoms in total. The van der Waals surface area contributed by atoms with Crippen LogP contribution >= 0.6 is 0 Å². The van der Waals surface area contributed by atoms with Gasteiger partial charge in [0.1, 0.15) is 5.82 Å². The number of hydrogen-bond acceptors (Lipinski definition) is 2. The molecule has 0 amide bonds. The van der Waals surface area contributed by atoms with E-state index in [0.29, 0.717) is 0 Å². The first-order valence-corrected chi connectivity index (χ1v) is 5.45. The maximum Gasteiger partial charge on any atom is 0.106 e. The quantitative estimate of drug-likeness (QED) is 0.743. The first kappa shape index (κ1) is 9.71. The van der Waals surface area contributed by atoms with Crippen molar-refractivity contribution in [3.05, 3.63) is 17.2 Å². The van der Waals surface area contributed by atoms with Gasteiger partial charge in [0.2, 0.25) is 0 Å². The minimum Gasteiger partial charge on any atom is -0.385 e. The Balaban J connectivity index is 1.94. The molecule has 0 aliphatic heterocycles. The molecule has 0 saturated heterocycles. The first-order valence-electron chi connectivity index (χ1n) is 5.45. The Morgan fingerprint density at radius 3 is 3.00 bits per heavy atom. The van der Waals surface area contributed by atoms with Crippen molar-refractivity contribution in [2.75, 3.05) is 13.7 Å². The minimum atomic E-state index is 0.825. The zero-order valence-electron chi connectivity index (χ0n) is 8.81. The van der Waals surface area contributed by atoms with Crippen LogP contribution in [0.3, 0.4) is 0 Å². The van der Waals surface area contributed by atoms with Gasteiger partial charge in [0, 0.05) is 25.8 Å². The Kier molecular flexibility index (Phi) is 3.19. The Morgan fingerprint density at radius 2 is 2.21 bits per heavy atom. The molecule has 0 spiro atoms. The summed E-state index contributed by atoms with van der Waals surface area (Å²) < 4.78 is 5.02. The molecule has 1 aromatic heterocycles. The predicted octanol–water partition coefficient (Wildman–Crippen LogP) is 1.87. The highest BCUT2D eigenvalue weighted by Crippen LogP contribution is 2.18. The second kappa shape index (κ2) is 4.60. The number of methoxy groups -OCH3 is 1. The lowest BCUT2D eigenvalue weighted by atomic mass is 10.0. The van der Waals surface area contributed by atoms with Crippen molar-refractivity contribution in [2.45, 2.75) is 38.5 Å². The molecule has 0 fully saturated rings. The molecular weight excluding hydrogens is 176 g/mol. The van der Waals surface area contributed by atoms with Crippen molar-refractivity contribution in [1.29, 1.82) is 0 Å². The maximum absolute atomic E-state index is 5.02. The number of ether oxygens (including phenoxy) is 1. The van der Waals surface area contributed by atoms with Crippen LogP contribution < -0.4 is 0 Å². The number of aromatic amines is 1. The molecule has 1 heterocycles. The first-order chi connectivity index (χ1) is 6.90. The van der Waals surface area contributed by atoms with Gasteiger partial charge in [0.25, 0.3) is 0 Å². The van der Waals surface area contributed by atoms with E-state index in [1.54, 1.807) is 7.11 Å². The third-order valence-corrected chi connectivity index (χ3v) is 2.77. The number of nitrogens with one attached hydrogen (secondary N) is 1. The smallest absolute Gasteiger partial charge is 0.106 e. The molecule has 1 aliphatic carbocycles. The van der Waals surface area contributed by atoms with Gasteiger partial charge in [-0.3, -0.25) is 0 Å². The fourth-order valence-electron chi connectivity index (χ4n) is 2.01. The van der Waals surface area contributed by atoms with Crippen molar-refractivity contribution >= 4 is 0 Å². The SMILES string of the molecule is COCCCc1nc2c([nH]1)CCCC2. The van der Waals surface area contributed by atoms with Gasteiger partial charge in [0.15, 0.2) is 0 Å². The summed E-state index contributed by atoms with van der Waals surface area (Å²) in [5.74, 6) is 1.15. The fraction of sp³-hybridized carbons (Fsp3) is 0.727. The lowest BCUT2D eigenvalue weighted by Gasteiger charge is -2.07. The zero-order chi connectivity index (χ0) is 9.80. The van der Waals surface area contributed by atoms with Gasteiger partial charge in [-0.2, -0.15) is 0 Å². The van der Waals surface area contributed by atoms with Crippen LogP contribution in [0.5, 0.6) is 0 Å². The number of aryl methyl sites for hydroxylation is 3. The van der Waals surface area contributed by atoms with Gasteiger partial charge < -0.3 is 9.72 Å². The van der Waals surface area contributed by atoms with Crippen molar-refractivity contribution in [1.82, 2.24) is 9.97 Å². The standard InChI is InChI=1S/C11H18N2O/c1-14-8-4-7-11-12-9-5-2-3-6-10(9)13-11/h2-8H2,1H3,(H,12,13). The van der Waals surface area contributed by atoms with Crippen LogP contribution in [0.4, 0.5) is 0 Å². The summed E-state index contributed by atoms with van der Waals surface area (Å²) in [4.78, 5) is 8.04. The van der Waals surface area contributed by atoms with Crippen LogP contribution in [-0.2, 0) is 24.0 Å². The van der Waals surface area contributed by atoms with Gasteiger partial charge in [-0.15, -0.1) is 0 Å². The van der Waals surface area contributed by atoms with Gasteiger partial charge in [0.05, 0.1) is 5.69 Å². The second-order valence-corrected chi connectivity index (χ2v) is 3.91. The van der Waals surface area contributed by atoms with Gasteiger partial charge >= 0.3 is 0 Å². The number of aromatic nitrogens is 2. The van der Waals surface area contributed by atoms with Crippen molar-refractivity contribution < 1.29 is 4.74 Å². The van der Waals surface area contributed by atoms with Gasteiger partial charge in [-0.1, -0.05) is 0 Å². The highest BCUT2D eigenvalue weighted by Gasteiger charge is 2.13. The fourth-order valence-corrected chi connectivity index (χ4v) is 2.01. The number of fused-ring (bicyclic) bond motifs is 1. The molecule has 0 radical (unpaired) electrons. The number of rotatable bonds is 4. The van der Waals surface area contributed by atoms with E-state index < -0.39 is 0 Å². The van der Waals surface area contributed by atoms with Gasteiger partial charge in [-0.25, -0.2) is 4.98 Å². The van der Waals surface area contributed by atoms with Crippen LogP contribution in [-0.4, -0.2) is 23.7 Å². The molecule has 14 heavy (non-hydrogen) atoms. The summed E-state index contributed by atoms with van der Waals surface area (Å²) >= 11 is 0. The third-order valence-electron chi connectivity index (χ3n) is 2.77. The number of hydrogen-bond donors (Lipinski definition) is 1. The van der Waals surface area contributed by atoms with Crippen molar-refractivity contribution in [2.24, 2.45) is 0 Å². The molecule has 78 valence electrons. The lowest BCUT2D eigenvalue weighted by Crippen LogP contribution is -2.00. The van der Waals surface area contributed by atoms with Crippen LogP contribution in [0.1, 0.15) is 36.5 Å². The van der Waals surface area contributed by atoms with E-state index in [1.165, 1.54) is 30.7 Å². The highest BCUT2D eigenvalue weighted by atomic mass is 16.5. The Hall–Kier alpha value is -0.830. The number of imidazole rings is 1.